The molecule has 0 aliphatic rings. The van der Waals surface area contributed by atoms with Gasteiger partial charge in [-0.25, -0.2) is 9.59 Å². The Morgan fingerprint density at radius 1 is 1.00 bits per heavy atom. The van der Waals surface area contributed by atoms with Gasteiger partial charge in [0, 0.05) is 29.9 Å². The predicted molar refractivity (Wildman–Crippen MR) is 143 cm³/mol. The quantitative estimate of drug-likeness (QED) is 0.243. The number of carbonyl (C=O) groups is 2. The average Bonchev–Trinajstić information content (AvgIpc) is 2.79. The summed E-state index contributed by atoms with van der Waals surface area (Å²) in [6.45, 7) is 10.1. The first-order valence-corrected chi connectivity index (χ1v) is 12.3. The van der Waals surface area contributed by atoms with E-state index in [0.717, 1.165) is 55.6 Å². The van der Waals surface area contributed by atoms with Crippen LogP contribution in [0.1, 0.15) is 58.9 Å². The van der Waals surface area contributed by atoms with Crippen molar-refractivity contribution in [1.82, 2.24) is 0 Å². The van der Waals surface area contributed by atoms with Crippen LogP contribution >= 0.6 is 11.6 Å². The third-order valence-corrected chi connectivity index (χ3v) is 5.54. The fraction of sp³-hybridized carbons (Fsp3) is 0.407. The molecule has 0 saturated carbocycles. The molecule has 2 rings (SSSR count). The number of hydrogen-bond donors (Lipinski definition) is 2. The Hall–Kier alpha value is -2.99. The van der Waals surface area contributed by atoms with Crippen LogP contribution in [0.4, 0.5) is 21.9 Å². The standard InChI is InChI=1S/C27H36ClN3O3/c1-5-8-15-31(16-9-6-2)25-14-13-21(20(4)17-26(32)34-7-3)18-24(25)30-27(33)29-23-12-10-11-22(28)19-23/h10-14,17-19H,5-9,15-16H2,1-4H3,(H2,29,30,33)/b20-17+. The van der Waals surface area contributed by atoms with Crippen LogP contribution in [0.2, 0.25) is 5.02 Å². The number of nitrogens with zero attached hydrogens (tertiary/aromatic N) is 1. The number of nitrogens with one attached hydrogen (secondary N) is 2. The van der Waals surface area contributed by atoms with Gasteiger partial charge in [0.05, 0.1) is 18.0 Å². The van der Waals surface area contributed by atoms with Crippen LogP contribution in [0.15, 0.2) is 48.5 Å². The Bertz CT molecular complexity index is 983. The number of benzene rings is 2. The topological polar surface area (TPSA) is 70.7 Å². The van der Waals surface area contributed by atoms with Gasteiger partial charge in [0.1, 0.15) is 0 Å². The molecule has 7 heteroatoms. The molecule has 0 atom stereocenters. The first kappa shape index (κ1) is 27.3. The summed E-state index contributed by atoms with van der Waals surface area (Å²) in [4.78, 5) is 27.1. The summed E-state index contributed by atoms with van der Waals surface area (Å²) in [5.41, 5.74) is 3.84. The second-order valence-electron chi connectivity index (χ2n) is 8.09. The van der Waals surface area contributed by atoms with E-state index in [1.54, 1.807) is 31.2 Å². The molecule has 184 valence electrons. The van der Waals surface area contributed by atoms with E-state index in [-0.39, 0.29) is 12.0 Å². The minimum Gasteiger partial charge on any atom is -0.463 e. The molecule has 6 nitrogen and oxygen atoms in total. The lowest BCUT2D eigenvalue weighted by Gasteiger charge is -2.28. The lowest BCUT2D eigenvalue weighted by molar-refractivity contribution is -0.137. The number of allylic oxidation sites excluding steroid dienone is 1. The molecule has 0 aliphatic carbocycles. The van der Waals surface area contributed by atoms with Crippen LogP contribution < -0.4 is 15.5 Å². The van der Waals surface area contributed by atoms with Crippen LogP contribution in [0.3, 0.4) is 0 Å². The Morgan fingerprint density at radius 2 is 1.71 bits per heavy atom. The molecule has 0 heterocycles. The van der Waals surface area contributed by atoms with E-state index in [1.807, 2.05) is 25.1 Å². The first-order valence-electron chi connectivity index (χ1n) is 12.0. The van der Waals surface area contributed by atoms with E-state index in [1.165, 1.54) is 6.08 Å². The van der Waals surface area contributed by atoms with E-state index >= 15 is 0 Å². The van der Waals surface area contributed by atoms with Gasteiger partial charge >= 0.3 is 12.0 Å². The predicted octanol–water partition coefficient (Wildman–Crippen LogP) is 7.36. The summed E-state index contributed by atoms with van der Waals surface area (Å²) >= 11 is 6.05. The van der Waals surface area contributed by atoms with E-state index in [9.17, 15) is 9.59 Å². The highest BCUT2D eigenvalue weighted by Gasteiger charge is 2.15. The minimum absolute atomic E-state index is 0.321. The molecule has 0 spiro atoms. The summed E-state index contributed by atoms with van der Waals surface area (Å²) in [5.74, 6) is -0.384. The molecule has 0 aliphatic heterocycles. The lowest BCUT2D eigenvalue weighted by Crippen LogP contribution is -2.28. The third kappa shape index (κ3) is 8.75. The van der Waals surface area contributed by atoms with Crippen molar-refractivity contribution in [3.63, 3.8) is 0 Å². The van der Waals surface area contributed by atoms with E-state index in [4.69, 9.17) is 16.3 Å². The van der Waals surface area contributed by atoms with E-state index < -0.39 is 0 Å². The summed E-state index contributed by atoms with van der Waals surface area (Å²) in [6, 6.07) is 12.5. The summed E-state index contributed by atoms with van der Waals surface area (Å²) in [6.07, 6.45) is 5.75. The first-order chi connectivity index (χ1) is 16.4. The van der Waals surface area contributed by atoms with Gasteiger partial charge in [-0.1, -0.05) is 50.4 Å². The number of rotatable bonds is 12. The zero-order chi connectivity index (χ0) is 24.9. The number of amides is 2. The molecule has 2 N–H and O–H groups in total. The lowest BCUT2D eigenvalue weighted by atomic mass is 10.0. The number of anilines is 3. The molecule has 0 radical (unpaired) electrons. The molecular weight excluding hydrogens is 450 g/mol. The Labute approximate surface area is 208 Å². The minimum atomic E-state index is -0.384. The molecule has 2 aromatic rings. The molecule has 34 heavy (non-hydrogen) atoms. The van der Waals surface area contributed by atoms with Crippen molar-refractivity contribution >= 4 is 46.2 Å². The monoisotopic (exact) mass is 485 g/mol. The Kier molecular flexibility index (Phi) is 11.5. The molecule has 2 amide bonds. The number of unbranched alkanes of at least 4 members (excludes halogenated alkanes) is 2. The number of hydrogen-bond acceptors (Lipinski definition) is 4. The second-order valence-corrected chi connectivity index (χ2v) is 8.53. The summed E-state index contributed by atoms with van der Waals surface area (Å²) in [7, 11) is 0. The maximum atomic E-state index is 12.9. The largest absolute Gasteiger partial charge is 0.463 e. The Morgan fingerprint density at radius 3 is 2.32 bits per heavy atom. The molecule has 0 bridgehead atoms. The molecule has 0 unspecified atom stereocenters. The second kappa shape index (κ2) is 14.3. The van der Waals surface area contributed by atoms with Crippen molar-refractivity contribution in [3.05, 3.63) is 59.1 Å². The molecule has 0 saturated heterocycles. The van der Waals surface area contributed by atoms with Gasteiger partial charge in [-0.15, -0.1) is 0 Å². The van der Waals surface area contributed by atoms with Crippen molar-refractivity contribution in [2.45, 2.75) is 53.4 Å². The number of urea groups is 1. The maximum absolute atomic E-state index is 12.9. The van der Waals surface area contributed by atoms with Crippen LogP contribution in [0, 0.1) is 0 Å². The molecule has 2 aromatic carbocycles. The maximum Gasteiger partial charge on any atom is 0.331 e. The van der Waals surface area contributed by atoms with Crippen molar-refractivity contribution in [3.8, 4) is 0 Å². The number of esters is 1. The van der Waals surface area contributed by atoms with Crippen molar-refractivity contribution < 1.29 is 14.3 Å². The van der Waals surface area contributed by atoms with Gasteiger partial charge in [0.15, 0.2) is 0 Å². The van der Waals surface area contributed by atoms with Gasteiger partial charge < -0.3 is 20.3 Å². The molecular formula is C27H36ClN3O3. The third-order valence-electron chi connectivity index (χ3n) is 5.31. The van der Waals surface area contributed by atoms with Crippen molar-refractivity contribution in [2.24, 2.45) is 0 Å². The van der Waals surface area contributed by atoms with Crippen molar-refractivity contribution in [1.29, 1.82) is 0 Å². The van der Waals surface area contributed by atoms with Gasteiger partial charge in [-0.3, -0.25) is 0 Å². The van der Waals surface area contributed by atoms with E-state index in [2.05, 4.69) is 29.4 Å². The Balaban J connectivity index is 2.39. The number of halogens is 1. The smallest absolute Gasteiger partial charge is 0.331 e. The van der Waals surface area contributed by atoms with Crippen LogP contribution in [0.25, 0.3) is 5.57 Å². The van der Waals surface area contributed by atoms with Crippen LogP contribution in [-0.2, 0) is 9.53 Å². The molecule has 0 fully saturated rings. The number of carbonyl (C=O) groups excluding carboxylic acids is 2. The number of ether oxygens (including phenoxy) is 1. The SMILES string of the molecule is CCCCN(CCCC)c1ccc(/C(C)=C/C(=O)OCC)cc1NC(=O)Nc1cccc(Cl)c1. The van der Waals surface area contributed by atoms with Gasteiger partial charge in [-0.2, -0.15) is 0 Å². The van der Waals surface area contributed by atoms with Crippen LogP contribution in [-0.4, -0.2) is 31.7 Å². The summed E-state index contributed by atoms with van der Waals surface area (Å²) < 4.78 is 5.04. The van der Waals surface area contributed by atoms with E-state index in [0.29, 0.717) is 23.0 Å². The normalized spacial score (nSPS) is 11.1. The van der Waals surface area contributed by atoms with Gasteiger partial charge in [-0.05, 0) is 68.2 Å². The molecule has 0 aromatic heterocycles. The zero-order valence-corrected chi connectivity index (χ0v) is 21.4. The van der Waals surface area contributed by atoms with Gasteiger partial charge in [0.2, 0.25) is 0 Å². The highest BCUT2D eigenvalue weighted by molar-refractivity contribution is 6.30. The van der Waals surface area contributed by atoms with Gasteiger partial charge in [0.25, 0.3) is 0 Å². The fourth-order valence-corrected chi connectivity index (χ4v) is 3.69. The van der Waals surface area contributed by atoms with Crippen LogP contribution in [0.5, 0.6) is 0 Å². The average molecular weight is 486 g/mol. The highest BCUT2D eigenvalue weighted by atomic mass is 35.5. The van der Waals surface area contributed by atoms with Crippen molar-refractivity contribution in [2.75, 3.05) is 35.2 Å². The fourth-order valence-electron chi connectivity index (χ4n) is 3.50. The zero-order valence-electron chi connectivity index (χ0n) is 20.6. The highest BCUT2D eigenvalue weighted by Crippen LogP contribution is 2.31. The summed E-state index contributed by atoms with van der Waals surface area (Å²) in [5, 5.41) is 6.39.